The second-order valence-electron chi connectivity index (χ2n) is 7.60. The first kappa shape index (κ1) is 20.9. The predicted molar refractivity (Wildman–Crippen MR) is 126 cm³/mol. The molecule has 4 heterocycles. The van der Waals surface area contributed by atoms with Crippen molar-refractivity contribution in [2.45, 2.75) is 50.1 Å². The van der Waals surface area contributed by atoms with Gasteiger partial charge in [0.1, 0.15) is 4.83 Å². The largest absolute Gasteiger partial charge is 0.383 e. The quantitative estimate of drug-likeness (QED) is 0.314. The molecule has 5 rings (SSSR count). The molecule has 162 valence electrons. The molecule has 31 heavy (non-hydrogen) atoms. The number of aromatic nitrogens is 4. The lowest BCUT2D eigenvalue weighted by Crippen LogP contribution is -2.25. The lowest BCUT2D eigenvalue weighted by atomic mass is 9.97. The first-order valence-electron chi connectivity index (χ1n) is 10.2. The van der Waals surface area contributed by atoms with Gasteiger partial charge in [-0.15, -0.1) is 22.7 Å². The SMILES string of the molecule is COCCn1c(SCc2cc(=O)n3c(C)csc3n2)nc2sc3c(c2c1=O)CCCC3. The third kappa shape index (κ3) is 3.75. The molecule has 0 bridgehead atoms. The summed E-state index contributed by atoms with van der Waals surface area (Å²) in [7, 11) is 1.63. The number of thioether (sulfide) groups is 1. The molecule has 1 aliphatic rings. The number of rotatable bonds is 6. The van der Waals surface area contributed by atoms with E-state index in [9.17, 15) is 9.59 Å². The summed E-state index contributed by atoms with van der Waals surface area (Å²) in [5.41, 5.74) is 2.71. The Balaban J connectivity index is 1.54. The monoisotopic (exact) mass is 474 g/mol. The number of ether oxygens (including phenoxy) is 1. The molecule has 0 spiro atoms. The summed E-state index contributed by atoms with van der Waals surface area (Å²) in [5.74, 6) is 0.471. The summed E-state index contributed by atoms with van der Waals surface area (Å²) in [4.78, 5) is 38.2. The van der Waals surface area contributed by atoms with Crippen LogP contribution in [0.3, 0.4) is 0 Å². The van der Waals surface area contributed by atoms with Gasteiger partial charge < -0.3 is 4.74 Å². The Labute approximate surface area is 190 Å². The maximum atomic E-state index is 13.4. The Morgan fingerprint density at radius 3 is 2.90 bits per heavy atom. The van der Waals surface area contributed by atoms with Crippen LogP contribution in [0.5, 0.6) is 0 Å². The van der Waals surface area contributed by atoms with Gasteiger partial charge >= 0.3 is 0 Å². The van der Waals surface area contributed by atoms with Crippen LogP contribution < -0.4 is 11.1 Å². The van der Waals surface area contributed by atoms with Gasteiger partial charge in [0, 0.05) is 34.9 Å². The van der Waals surface area contributed by atoms with Crippen LogP contribution in [0.25, 0.3) is 15.2 Å². The standard InChI is InChI=1S/C21H22N4O3S3/c1-12-10-29-21-22-13(9-16(26)25(12)21)11-30-20-23-18-17(19(27)24(20)7-8-28-2)14-5-3-4-6-15(14)31-18/h9-10H,3-8,11H2,1-2H3. The molecule has 4 aromatic heterocycles. The van der Waals surface area contributed by atoms with Crippen LogP contribution in [0.2, 0.25) is 0 Å². The van der Waals surface area contributed by atoms with Gasteiger partial charge in [0.05, 0.1) is 24.2 Å². The van der Waals surface area contributed by atoms with E-state index in [-0.39, 0.29) is 11.1 Å². The van der Waals surface area contributed by atoms with Crippen molar-refractivity contribution in [3.05, 3.63) is 54.0 Å². The number of aryl methyl sites for hydroxylation is 3. The maximum Gasteiger partial charge on any atom is 0.263 e. The van der Waals surface area contributed by atoms with Crippen LogP contribution in [0.4, 0.5) is 0 Å². The van der Waals surface area contributed by atoms with Crippen molar-refractivity contribution in [2.24, 2.45) is 0 Å². The van der Waals surface area contributed by atoms with Crippen LogP contribution >= 0.6 is 34.4 Å². The van der Waals surface area contributed by atoms with E-state index in [1.165, 1.54) is 40.0 Å². The first-order chi connectivity index (χ1) is 15.1. The zero-order chi connectivity index (χ0) is 21.5. The van der Waals surface area contributed by atoms with E-state index in [2.05, 4.69) is 4.98 Å². The number of hydrogen-bond acceptors (Lipinski definition) is 8. The summed E-state index contributed by atoms with van der Waals surface area (Å²) in [6.07, 6.45) is 4.28. The van der Waals surface area contributed by atoms with E-state index in [0.29, 0.717) is 34.7 Å². The topological polar surface area (TPSA) is 78.5 Å². The van der Waals surface area contributed by atoms with Crippen molar-refractivity contribution < 1.29 is 4.74 Å². The normalized spacial score (nSPS) is 13.9. The highest BCUT2D eigenvalue weighted by molar-refractivity contribution is 7.98. The molecule has 0 saturated heterocycles. The van der Waals surface area contributed by atoms with Gasteiger partial charge in [-0.2, -0.15) is 0 Å². The molecule has 0 unspecified atom stereocenters. The smallest absolute Gasteiger partial charge is 0.263 e. The Hall–Kier alpha value is -2.01. The highest BCUT2D eigenvalue weighted by Gasteiger charge is 2.22. The maximum absolute atomic E-state index is 13.4. The van der Waals surface area contributed by atoms with E-state index in [1.807, 2.05) is 12.3 Å². The van der Waals surface area contributed by atoms with E-state index >= 15 is 0 Å². The summed E-state index contributed by atoms with van der Waals surface area (Å²) < 4.78 is 8.58. The third-order valence-corrected chi connectivity index (χ3v) is 8.68. The van der Waals surface area contributed by atoms with Gasteiger partial charge in [0.25, 0.3) is 11.1 Å². The molecule has 10 heteroatoms. The Kier molecular flexibility index (Phi) is 5.72. The van der Waals surface area contributed by atoms with Crippen molar-refractivity contribution in [2.75, 3.05) is 13.7 Å². The number of hydrogen-bond donors (Lipinski definition) is 0. The molecule has 0 atom stereocenters. The van der Waals surface area contributed by atoms with Gasteiger partial charge in [-0.1, -0.05) is 11.8 Å². The van der Waals surface area contributed by atoms with Crippen LogP contribution in [0.1, 0.15) is 34.7 Å². The molecule has 0 aliphatic heterocycles. The Bertz CT molecular complexity index is 1400. The average molecular weight is 475 g/mol. The van der Waals surface area contributed by atoms with Crippen molar-refractivity contribution in [3.63, 3.8) is 0 Å². The average Bonchev–Trinajstić information content (AvgIpc) is 3.32. The van der Waals surface area contributed by atoms with Gasteiger partial charge in [-0.05, 0) is 38.2 Å². The zero-order valence-electron chi connectivity index (χ0n) is 17.3. The second kappa shape index (κ2) is 8.50. The molecule has 0 aromatic carbocycles. The van der Waals surface area contributed by atoms with Crippen molar-refractivity contribution >= 4 is 49.6 Å². The van der Waals surface area contributed by atoms with Crippen molar-refractivity contribution in [3.8, 4) is 0 Å². The van der Waals surface area contributed by atoms with E-state index < -0.39 is 0 Å². The van der Waals surface area contributed by atoms with Crippen molar-refractivity contribution in [1.29, 1.82) is 0 Å². The summed E-state index contributed by atoms with van der Waals surface area (Å²) >= 11 is 4.55. The summed E-state index contributed by atoms with van der Waals surface area (Å²) in [5, 5.41) is 3.36. The summed E-state index contributed by atoms with van der Waals surface area (Å²) in [6, 6.07) is 1.57. The summed E-state index contributed by atoms with van der Waals surface area (Å²) in [6.45, 7) is 2.78. The van der Waals surface area contributed by atoms with Crippen molar-refractivity contribution in [1.82, 2.24) is 18.9 Å². The number of fused-ring (bicyclic) bond motifs is 4. The minimum Gasteiger partial charge on any atom is -0.383 e. The predicted octanol–water partition coefficient (Wildman–Crippen LogP) is 3.65. The fourth-order valence-electron chi connectivity index (χ4n) is 4.02. The van der Waals surface area contributed by atoms with Crippen LogP contribution in [-0.4, -0.2) is 32.7 Å². The molecule has 4 aromatic rings. The van der Waals surface area contributed by atoms with Crippen LogP contribution in [0, 0.1) is 6.92 Å². The van der Waals surface area contributed by atoms with Crippen LogP contribution in [0.15, 0.2) is 26.2 Å². The lowest BCUT2D eigenvalue weighted by Gasteiger charge is -2.13. The molecule has 7 nitrogen and oxygen atoms in total. The molecular formula is C21H22N4O3S3. The number of nitrogens with zero attached hydrogens (tertiary/aromatic N) is 4. The minimum absolute atomic E-state index is 0.0151. The molecule has 0 radical (unpaired) electrons. The Morgan fingerprint density at radius 1 is 1.23 bits per heavy atom. The second-order valence-corrected chi connectivity index (χ2v) is 10.5. The van der Waals surface area contributed by atoms with E-state index in [4.69, 9.17) is 9.72 Å². The highest BCUT2D eigenvalue weighted by atomic mass is 32.2. The Morgan fingerprint density at radius 2 is 2.06 bits per heavy atom. The highest BCUT2D eigenvalue weighted by Crippen LogP contribution is 2.35. The minimum atomic E-state index is -0.0783. The molecule has 0 fully saturated rings. The fourth-order valence-corrected chi connectivity index (χ4v) is 7.13. The number of thiazole rings is 1. The van der Waals surface area contributed by atoms with Gasteiger partial charge in [0.15, 0.2) is 10.1 Å². The van der Waals surface area contributed by atoms with Gasteiger partial charge in [0.2, 0.25) is 0 Å². The zero-order valence-corrected chi connectivity index (χ0v) is 19.8. The molecule has 0 saturated carbocycles. The van der Waals surface area contributed by atoms with Gasteiger partial charge in [-0.25, -0.2) is 9.97 Å². The van der Waals surface area contributed by atoms with E-state index in [1.54, 1.807) is 33.5 Å². The first-order valence-corrected chi connectivity index (χ1v) is 12.9. The number of methoxy groups -OCH3 is 1. The molecular weight excluding hydrogens is 452 g/mol. The molecule has 1 aliphatic carbocycles. The third-order valence-electron chi connectivity index (χ3n) is 5.54. The number of thiophene rings is 1. The van der Waals surface area contributed by atoms with E-state index in [0.717, 1.165) is 35.2 Å². The fraction of sp³-hybridized carbons (Fsp3) is 0.429. The molecule has 0 amide bonds. The molecule has 0 N–H and O–H groups in total. The van der Waals surface area contributed by atoms with Gasteiger partial charge in [-0.3, -0.25) is 18.6 Å². The lowest BCUT2D eigenvalue weighted by molar-refractivity contribution is 0.183. The van der Waals surface area contributed by atoms with Crippen LogP contribution in [-0.2, 0) is 29.9 Å².